The minimum absolute atomic E-state index is 1.25. The van der Waals surface area contributed by atoms with Crippen molar-refractivity contribution in [2.45, 2.75) is 0 Å². The number of hydrogen-bond donors (Lipinski definition) is 0. The van der Waals surface area contributed by atoms with Crippen LogP contribution in [0.2, 0.25) is 0 Å². The molecule has 290 valence electrons. The highest BCUT2D eigenvalue weighted by atomic mass is 14.3. The fourth-order valence-corrected chi connectivity index (χ4v) is 12.8. The number of fused-ring (bicyclic) bond motifs is 14. The molecule has 64 heavy (non-hydrogen) atoms. The Labute approximate surface area is 367 Å². The van der Waals surface area contributed by atoms with Crippen LogP contribution in [0.3, 0.4) is 0 Å². The molecule has 0 spiro atoms. The molecule has 0 aliphatic heterocycles. The van der Waals surface area contributed by atoms with Crippen LogP contribution in [0.15, 0.2) is 206 Å². The van der Waals surface area contributed by atoms with Crippen molar-refractivity contribution in [3.05, 3.63) is 206 Å². The largest absolute Gasteiger partial charge is 0.0622 e. The SMILES string of the molecule is c1ccc(-c2ccc(-c3ccccc3)c3c2-c2ccc4c5ccc6c7c(-c8ccccc8)c8cc9ccccc9c9c%10ccccc%10c(c7c7ccc(c%10ccc-3c2c4%10)c5c67)c89)cc1. The summed E-state index contributed by atoms with van der Waals surface area (Å²) in [5.74, 6) is 0. The molecule has 1 aliphatic rings. The average molecular weight is 803 g/mol. The van der Waals surface area contributed by atoms with E-state index in [4.69, 9.17) is 0 Å². The first-order valence-electron chi connectivity index (χ1n) is 22.5. The predicted molar refractivity (Wildman–Crippen MR) is 276 cm³/mol. The third kappa shape index (κ3) is 3.93. The highest BCUT2D eigenvalue weighted by Gasteiger charge is 2.31. The molecule has 0 atom stereocenters. The molecular weight excluding hydrogens is 769 g/mol. The highest BCUT2D eigenvalue weighted by molar-refractivity contribution is 6.52. The molecule has 1 aliphatic carbocycles. The molecule has 0 fully saturated rings. The Kier molecular flexibility index (Phi) is 6.13. The van der Waals surface area contributed by atoms with Crippen LogP contribution in [0.1, 0.15) is 0 Å². The lowest BCUT2D eigenvalue weighted by Gasteiger charge is -2.16. The summed E-state index contributed by atoms with van der Waals surface area (Å²) in [7, 11) is 0. The Balaban J connectivity index is 1.08. The molecule has 0 amide bonds. The van der Waals surface area contributed by atoms with Crippen LogP contribution in [-0.2, 0) is 0 Å². The van der Waals surface area contributed by atoms with Gasteiger partial charge in [0.1, 0.15) is 0 Å². The zero-order valence-electron chi connectivity index (χ0n) is 34.6. The van der Waals surface area contributed by atoms with Crippen LogP contribution in [0, 0.1) is 0 Å². The summed E-state index contributed by atoms with van der Waals surface area (Å²) < 4.78 is 0. The predicted octanol–water partition coefficient (Wildman–Crippen LogP) is 18.2. The Morgan fingerprint density at radius 3 is 1.12 bits per heavy atom. The Morgan fingerprint density at radius 2 is 0.531 bits per heavy atom. The van der Waals surface area contributed by atoms with Crippen LogP contribution in [0.5, 0.6) is 0 Å². The molecule has 0 aromatic heterocycles. The van der Waals surface area contributed by atoms with Crippen molar-refractivity contribution in [3.8, 4) is 55.6 Å². The van der Waals surface area contributed by atoms with Gasteiger partial charge in [-0.1, -0.05) is 200 Å². The molecule has 0 unspecified atom stereocenters. The van der Waals surface area contributed by atoms with E-state index in [9.17, 15) is 0 Å². The van der Waals surface area contributed by atoms with Crippen LogP contribution < -0.4 is 0 Å². The van der Waals surface area contributed by atoms with Gasteiger partial charge in [-0.25, -0.2) is 0 Å². The van der Waals surface area contributed by atoms with E-state index in [-0.39, 0.29) is 0 Å². The first-order chi connectivity index (χ1) is 31.8. The van der Waals surface area contributed by atoms with E-state index in [1.165, 1.54) is 163 Å². The smallest absolute Gasteiger partial charge is 0.000696 e. The Hall–Kier alpha value is -8.32. The van der Waals surface area contributed by atoms with Crippen molar-refractivity contribution in [2.24, 2.45) is 0 Å². The molecule has 16 rings (SSSR count). The summed E-state index contributed by atoms with van der Waals surface area (Å²) in [6.45, 7) is 0. The summed E-state index contributed by atoms with van der Waals surface area (Å²) in [5.41, 5.74) is 13.0. The molecule has 0 saturated heterocycles. The van der Waals surface area contributed by atoms with E-state index in [2.05, 4.69) is 206 Å². The van der Waals surface area contributed by atoms with Crippen LogP contribution in [0.4, 0.5) is 0 Å². The second-order valence-corrected chi connectivity index (χ2v) is 18.1. The monoisotopic (exact) mass is 802 g/mol. The maximum Gasteiger partial charge on any atom is -0.000696 e. The van der Waals surface area contributed by atoms with Crippen molar-refractivity contribution in [1.29, 1.82) is 0 Å². The molecule has 15 aromatic carbocycles. The molecule has 0 heterocycles. The van der Waals surface area contributed by atoms with Crippen LogP contribution in [-0.4, -0.2) is 0 Å². The van der Waals surface area contributed by atoms with Gasteiger partial charge in [0.2, 0.25) is 0 Å². The first kappa shape index (κ1) is 33.3. The van der Waals surface area contributed by atoms with Gasteiger partial charge in [0, 0.05) is 0 Å². The minimum Gasteiger partial charge on any atom is -0.0622 e. The van der Waals surface area contributed by atoms with E-state index in [1.54, 1.807) is 0 Å². The zero-order valence-corrected chi connectivity index (χ0v) is 34.6. The third-order valence-corrected chi connectivity index (χ3v) is 15.2. The third-order valence-electron chi connectivity index (χ3n) is 15.2. The summed E-state index contributed by atoms with van der Waals surface area (Å²) in [6, 6.07) is 78.0. The van der Waals surface area contributed by atoms with Gasteiger partial charge in [0.25, 0.3) is 0 Å². The van der Waals surface area contributed by atoms with Crippen LogP contribution in [0.25, 0.3) is 163 Å². The van der Waals surface area contributed by atoms with E-state index in [1.807, 2.05) is 0 Å². The lowest BCUT2D eigenvalue weighted by Crippen LogP contribution is -1.89. The second-order valence-electron chi connectivity index (χ2n) is 18.1. The minimum atomic E-state index is 1.25. The molecule has 0 saturated carbocycles. The van der Waals surface area contributed by atoms with Gasteiger partial charge in [-0.2, -0.15) is 0 Å². The van der Waals surface area contributed by atoms with E-state index in [0.717, 1.165) is 0 Å². The van der Waals surface area contributed by atoms with Gasteiger partial charge >= 0.3 is 0 Å². The lowest BCUT2D eigenvalue weighted by atomic mass is 9.86. The molecule has 0 heteroatoms. The average Bonchev–Trinajstić information content (AvgIpc) is 4.01. The van der Waals surface area contributed by atoms with Crippen molar-refractivity contribution < 1.29 is 0 Å². The van der Waals surface area contributed by atoms with Gasteiger partial charge in [0.15, 0.2) is 0 Å². The van der Waals surface area contributed by atoms with Crippen LogP contribution >= 0.6 is 0 Å². The normalized spacial score (nSPS) is 12.7. The standard InChI is InChI=1S/C64H34/c1-4-14-35(15-5-1)40-24-25-41(36-16-6-2-7-17-36)56-49-31-27-45-47-29-33-51-60-50(32-28-46(58(47)60)44-26-30-48(55(40)56)59(49)57(44)45)62-53(37-18-8-3-9-19-37)52-34-38-20-10-11-21-39(38)54-42-22-12-13-23-43(42)61(63(51)62)64(52)54/h1-34H. The Bertz CT molecular complexity index is 4360. The number of rotatable bonds is 3. The van der Waals surface area contributed by atoms with E-state index >= 15 is 0 Å². The summed E-state index contributed by atoms with van der Waals surface area (Å²) in [6.07, 6.45) is 0. The molecule has 0 nitrogen and oxygen atoms in total. The first-order valence-corrected chi connectivity index (χ1v) is 22.5. The topological polar surface area (TPSA) is 0 Å². The quantitative estimate of drug-likeness (QED) is 0.123. The van der Waals surface area contributed by atoms with Gasteiger partial charge in [0.05, 0.1) is 0 Å². The van der Waals surface area contributed by atoms with Crippen molar-refractivity contribution in [3.63, 3.8) is 0 Å². The number of benzene rings is 13. The maximum atomic E-state index is 2.48. The molecule has 0 bridgehead atoms. The summed E-state index contributed by atoms with van der Waals surface area (Å²) in [5, 5.41) is 27.0. The molecule has 15 aromatic rings. The maximum absolute atomic E-state index is 2.48. The zero-order chi connectivity index (χ0) is 41.4. The number of hydrogen-bond acceptors (Lipinski definition) is 0. The molecule has 0 radical (unpaired) electrons. The fraction of sp³-hybridized carbons (Fsp3) is 0. The van der Waals surface area contributed by atoms with Gasteiger partial charge in [-0.3, -0.25) is 0 Å². The van der Waals surface area contributed by atoms with Gasteiger partial charge < -0.3 is 0 Å². The highest BCUT2D eigenvalue weighted by Crippen LogP contribution is 2.59. The second kappa shape index (κ2) is 11.8. The molecular formula is C64H34. The van der Waals surface area contributed by atoms with E-state index in [0.29, 0.717) is 0 Å². The Morgan fingerprint density at radius 1 is 0.172 bits per heavy atom. The van der Waals surface area contributed by atoms with Crippen molar-refractivity contribution in [1.82, 2.24) is 0 Å². The van der Waals surface area contributed by atoms with Crippen molar-refractivity contribution in [2.75, 3.05) is 0 Å². The van der Waals surface area contributed by atoms with Gasteiger partial charge in [-0.05, 0) is 169 Å². The molecule has 0 N–H and O–H groups in total. The van der Waals surface area contributed by atoms with E-state index < -0.39 is 0 Å². The summed E-state index contributed by atoms with van der Waals surface area (Å²) in [4.78, 5) is 0. The van der Waals surface area contributed by atoms with Crippen molar-refractivity contribution >= 4 is 108 Å². The lowest BCUT2D eigenvalue weighted by molar-refractivity contribution is 1.59. The fourth-order valence-electron chi connectivity index (χ4n) is 12.8. The summed E-state index contributed by atoms with van der Waals surface area (Å²) >= 11 is 0. The van der Waals surface area contributed by atoms with Gasteiger partial charge in [-0.15, -0.1) is 0 Å².